The molecule has 0 spiro atoms. The summed E-state index contributed by atoms with van der Waals surface area (Å²) in [6, 6.07) is 10.2. The van der Waals surface area contributed by atoms with Crippen molar-refractivity contribution in [3.05, 3.63) is 68.7 Å². The summed E-state index contributed by atoms with van der Waals surface area (Å²) in [6.45, 7) is -0.541. The van der Waals surface area contributed by atoms with Gasteiger partial charge in [-0.15, -0.1) is 0 Å². The minimum absolute atomic E-state index is 0.103. The highest BCUT2D eigenvalue weighted by Crippen LogP contribution is 2.24. The first-order valence-electron chi connectivity index (χ1n) is 8.69. The molecule has 1 aliphatic rings. The maximum Gasteiger partial charge on any atom is 0.273 e. The molecule has 0 atom stereocenters. The van der Waals surface area contributed by atoms with Crippen LogP contribution in [-0.4, -0.2) is 40.1 Å². The van der Waals surface area contributed by atoms with Gasteiger partial charge in [-0.05, 0) is 48.9 Å². The summed E-state index contributed by atoms with van der Waals surface area (Å²) >= 11 is 17.8. The lowest BCUT2D eigenvalue weighted by atomic mass is 10.1. The van der Waals surface area contributed by atoms with Crippen molar-refractivity contribution in [3.8, 4) is 0 Å². The van der Waals surface area contributed by atoms with Crippen LogP contribution >= 0.6 is 34.8 Å². The summed E-state index contributed by atoms with van der Waals surface area (Å²) in [6.07, 6.45) is 0.603. The molecule has 1 heterocycles. The molecule has 9 heteroatoms. The van der Waals surface area contributed by atoms with E-state index in [-0.39, 0.29) is 29.0 Å². The molecule has 29 heavy (non-hydrogen) atoms. The van der Waals surface area contributed by atoms with E-state index in [1.807, 2.05) is 0 Å². The molecular formula is C20H15Cl3N2O4. The summed E-state index contributed by atoms with van der Waals surface area (Å²) in [5, 5.41) is 2.49. The Morgan fingerprint density at radius 1 is 0.897 bits per heavy atom. The summed E-state index contributed by atoms with van der Waals surface area (Å²) < 4.78 is 0. The van der Waals surface area contributed by atoms with E-state index >= 15 is 0 Å². The third kappa shape index (κ3) is 4.78. The Balaban J connectivity index is 1.96. The fourth-order valence-electron chi connectivity index (χ4n) is 2.92. The van der Waals surface area contributed by atoms with Crippen LogP contribution in [0.4, 0.5) is 0 Å². The SMILES string of the molecule is O=C(CN(C(=O)c1ccc(Cl)cc1)N1C(=O)CCCC1=O)c1ccc(Cl)cc1Cl. The van der Waals surface area contributed by atoms with Crippen molar-refractivity contribution in [1.82, 2.24) is 10.0 Å². The number of carbonyl (C=O) groups excluding carboxylic acids is 4. The number of amides is 3. The van der Waals surface area contributed by atoms with Crippen LogP contribution < -0.4 is 0 Å². The summed E-state index contributed by atoms with van der Waals surface area (Å²) in [5.74, 6) is -2.30. The zero-order valence-electron chi connectivity index (χ0n) is 15.0. The molecule has 1 saturated heterocycles. The fraction of sp³-hybridized carbons (Fsp3) is 0.200. The number of hydrazine groups is 1. The van der Waals surface area contributed by atoms with Gasteiger partial charge in [0.05, 0.1) is 5.02 Å². The van der Waals surface area contributed by atoms with Crippen LogP contribution in [0.15, 0.2) is 42.5 Å². The van der Waals surface area contributed by atoms with Gasteiger partial charge in [0.1, 0.15) is 6.54 Å². The van der Waals surface area contributed by atoms with E-state index in [2.05, 4.69) is 0 Å². The van der Waals surface area contributed by atoms with E-state index in [4.69, 9.17) is 34.8 Å². The van der Waals surface area contributed by atoms with E-state index in [0.717, 1.165) is 10.0 Å². The molecule has 0 unspecified atom stereocenters. The highest BCUT2D eigenvalue weighted by atomic mass is 35.5. The average molecular weight is 454 g/mol. The van der Waals surface area contributed by atoms with Gasteiger partial charge in [-0.2, -0.15) is 5.01 Å². The van der Waals surface area contributed by atoms with Crippen LogP contribution in [0.25, 0.3) is 0 Å². The molecule has 3 amide bonds. The largest absolute Gasteiger partial charge is 0.292 e. The van der Waals surface area contributed by atoms with Crippen molar-refractivity contribution in [1.29, 1.82) is 0 Å². The maximum atomic E-state index is 13.1. The van der Waals surface area contributed by atoms with Crippen LogP contribution in [0.2, 0.25) is 15.1 Å². The summed E-state index contributed by atoms with van der Waals surface area (Å²) in [7, 11) is 0. The fourth-order valence-corrected chi connectivity index (χ4v) is 3.56. The molecule has 3 rings (SSSR count). The van der Waals surface area contributed by atoms with Crippen molar-refractivity contribution in [2.75, 3.05) is 6.54 Å². The molecule has 1 fully saturated rings. The van der Waals surface area contributed by atoms with Gasteiger partial charge in [0.15, 0.2) is 5.78 Å². The zero-order valence-corrected chi connectivity index (χ0v) is 17.3. The number of benzene rings is 2. The normalized spacial score (nSPS) is 14.1. The molecular weight excluding hydrogens is 439 g/mol. The first kappa shape index (κ1) is 21.3. The Hall–Kier alpha value is -2.41. The maximum absolute atomic E-state index is 13.1. The van der Waals surface area contributed by atoms with Crippen LogP contribution in [0.3, 0.4) is 0 Å². The number of ketones is 1. The molecule has 0 N–H and O–H groups in total. The highest BCUT2D eigenvalue weighted by Gasteiger charge is 2.36. The molecule has 0 saturated carbocycles. The monoisotopic (exact) mass is 452 g/mol. The predicted molar refractivity (Wildman–Crippen MR) is 109 cm³/mol. The third-order valence-electron chi connectivity index (χ3n) is 4.35. The van der Waals surface area contributed by atoms with Gasteiger partial charge in [0.2, 0.25) is 11.8 Å². The molecule has 2 aromatic carbocycles. The Kier molecular flexibility index (Phi) is 6.57. The number of hydrogen-bond acceptors (Lipinski definition) is 4. The minimum Gasteiger partial charge on any atom is -0.292 e. The van der Waals surface area contributed by atoms with Crippen LogP contribution in [0.1, 0.15) is 40.0 Å². The minimum atomic E-state index is -0.677. The van der Waals surface area contributed by atoms with Gasteiger partial charge in [-0.3, -0.25) is 19.2 Å². The Morgan fingerprint density at radius 3 is 2.07 bits per heavy atom. The topological polar surface area (TPSA) is 74.8 Å². The second-order valence-corrected chi connectivity index (χ2v) is 7.65. The number of nitrogens with zero attached hydrogens (tertiary/aromatic N) is 2. The lowest BCUT2D eigenvalue weighted by molar-refractivity contribution is -0.162. The first-order chi connectivity index (χ1) is 13.8. The third-order valence-corrected chi connectivity index (χ3v) is 5.15. The first-order valence-corrected chi connectivity index (χ1v) is 9.82. The number of halogens is 3. The molecule has 150 valence electrons. The van der Waals surface area contributed by atoms with Crippen LogP contribution in [0.5, 0.6) is 0 Å². The van der Waals surface area contributed by atoms with Gasteiger partial charge in [-0.1, -0.05) is 34.8 Å². The Bertz CT molecular complexity index is 976. The molecule has 1 aliphatic heterocycles. The molecule has 2 aromatic rings. The Labute approximate surface area is 181 Å². The number of rotatable bonds is 5. The average Bonchev–Trinajstić information content (AvgIpc) is 2.67. The van der Waals surface area contributed by atoms with Crippen molar-refractivity contribution < 1.29 is 19.2 Å². The van der Waals surface area contributed by atoms with E-state index in [1.54, 1.807) is 0 Å². The second kappa shape index (κ2) is 8.95. The number of carbonyl (C=O) groups is 4. The van der Waals surface area contributed by atoms with Crippen LogP contribution in [0, 0.1) is 0 Å². The number of Topliss-reactive ketones (excluding diaryl/α,β-unsaturated/α-hetero) is 1. The van der Waals surface area contributed by atoms with Gasteiger partial charge < -0.3 is 0 Å². The van der Waals surface area contributed by atoms with Crippen molar-refractivity contribution in [2.24, 2.45) is 0 Å². The summed E-state index contributed by atoms with van der Waals surface area (Å²) in [5.41, 5.74) is 0.303. The van der Waals surface area contributed by atoms with Crippen molar-refractivity contribution in [2.45, 2.75) is 19.3 Å². The van der Waals surface area contributed by atoms with Gasteiger partial charge in [-0.25, -0.2) is 5.01 Å². The standard InChI is InChI=1S/C20H15Cl3N2O4/c21-13-6-4-12(5-7-13)20(29)24(25-18(27)2-1-3-19(25)28)11-17(26)15-9-8-14(22)10-16(15)23/h4-10H,1-3,11H2. The predicted octanol–water partition coefficient (Wildman–Crippen LogP) is 4.43. The molecule has 0 radical (unpaired) electrons. The zero-order chi connectivity index (χ0) is 21.1. The molecule has 0 aromatic heterocycles. The Morgan fingerprint density at radius 2 is 1.48 bits per heavy atom. The van der Waals surface area contributed by atoms with Gasteiger partial charge in [0.25, 0.3) is 5.91 Å². The lowest BCUT2D eigenvalue weighted by Gasteiger charge is -2.35. The van der Waals surface area contributed by atoms with E-state index in [9.17, 15) is 19.2 Å². The summed E-state index contributed by atoms with van der Waals surface area (Å²) in [4.78, 5) is 50.7. The second-order valence-electron chi connectivity index (χ2n) is 6.37. The van der Waals surface area contributed by atoms with Crippen LogP contribution in [-0.2, 0) is 9.59 Å². The molecule has 6 nitrogen and oxygen atoms in total. The smallest absolute Gasteiger partial charge is 0.273 e. The van der Waals surface area contributed by atoms with E-state index in [0.29, 0.717) is 16.5 Å². The molecule has 0 aliphatic carbocycles. The number of piperidine rings is 1. The number of imide groups is 1. The quantitative estimate of drug-likeness (QED) is 0.496. The lowest BCUT2D eigenvalue weighted by Crippen LogP contribution is -2.56. The van der Waals surface area contributed by atoms with Gasteiger partial charge >= 0.3 is 0 Å². The van der Waals surface area contributed by atoms with E-state index < -0.39 is 30.0 Å². The van der Waals surface area contributed by atoms with E-state index in [1.165, 1.54) is 42.5 Å². The highest BCUT2D eigenvalue weighted by molar-refractivity contribution is 6.37. The van der Waals surface area contributed by atoms with Crippen molar-refractivity contribution >= 4 is 58.3 Å². The van der Waals surface area contributed by atoms with Gasteiger partial charge in [0, 0.05) is 34.0 Å². The molecule has 0 bridgehead atoms. The number of hydrogen-bond donors (Lipinski definition) is 0. The van der Waals surface area contributed by atoms with Crippen molar-refractivity contribution in [3.63, 3.8) is 0 Å².